The molecule has 1 aromatic rings. The van der Waals surface area contributed by atoms with Crippen LogP contribution in [0.2, 0.25) is 0 Å². The molecular weight excluding hydrogens is 114 g/mol. The largest absolute Gasteiger partial charge is 0.437 e. The molecule has 2 rings (SSSR count). The van der Waals surface area contributed by atoms with Crippen molar-refractivity contribution in [3.63, 3.8) is 0 Å². The van der Waals surface area contributed by atoms with Crippen molar-refractivity contribution < 1.29 is 4.42 Å². The number of hydrogen-bond acceptors (Lipinski definition) is 2. The molecule has 0 aliphatic heterocycles. The van der Waals surface area contributed by atoms with Crippen molar-refractivity contribution in [1.29, 1.82) is 0 Å². The zero-order valence-electron chi connectivity index (χ0n) is 5.18. The summed E-state index contributed by atoms with van der Waals surface area (Å²) in [4.78, 5) is 3.97. The Labute approximate surface area is 53.9 Å². The number of hydrogen-bond donors (Lipinski definition) is 0. The van der Waals surface area contributed by atoms with E-state index in [9.17, 15) is 0 Å². The molecule has 1 aliphatic carbocycles. The highest BCUT2D eigenvalue weighted by Gasteiger charge is 2.12. The molecule has 0 unspecified atom stereocenters. The van der Waals surface area contributed by atoms with E-state index in [1.165, 1.54) is 12.8 Å². The van der Waals surface area contributed by atoms with Crippen LogP contribution in [0.5, 0.6) is 0 Å². The molecule has 0 N–H and O–H groups in total. The quantitative estimate of drug-likeness (QED) is 0.519. The van der Waals surface area contributed by atoms with Crippen LogP contribution in [0.4, 0.5) is 0 Å². The van der Waals surface area contributed by atoms with Gasteiger partial charge in [-0.2, -0.15) is 0 Å². The van der Waals surface area contributed by atoms with Crippen LogP contribution in [0.25, 0.3) is 0 Å². The minimum Gasteiger partial charge on any atom is -0.437 e. The van der Waals surface area contributed by atoms with E-state index >= 15 is 0 Å². The maximum Gasteiger partial charge on any atom is 0.284 e. The number of rotatable bonds is 0. The average molecular weight is 122 g/mol. The topological polar surface area (TPSA) is 26.0 Å². The molecule has 0 spiro atoms. The first-order valence-corrected chi connectivity index (χ1v) is 3.31. The van der Waals surface area contributed by atoms with Gasteiger partial charge in [-0.15, -0.1) is 0 Å². The highest BCUT2D eigenvalue weighted by Crippen LogP contribution is 2.18. The first kappa shape index (κ1) is 5.03. The lowest BCUT2D eigenvalue weighted by atomic mass is 10.0. The van der Waals surface area contributed by atoms with Crippen molar-refractivity contribution in [3.05, 3.63) is 17.8 Å². The van der Waals surface area contributed by atoms with Crippen molar-refractivity contribution in [2.45, 2.75) is 25.7 Å². The number of nitrogens with zero attached hydrogens (tertiary/aromatic N) is 1. The fourth-order valence-corrected chi connectivity index (χ4v) is 1.22. The van der Waals surface area contributed by atoms with E-state index in [0.717, 1.165) is 24.3 Å². The molecule has 0 saturated heterocycles. The van der Waals surface area contributed by atoms with Crippen LogP contribution in [-0.2, 0) is 12.8 Å². The number of aryl methyl sites for hydroxylation is 2. The van der Waals surface area contributed by atoms with Crippen molar-refractivity contribution in [3.8, 4) is 0 Å². The summed E-state index contributed by atoms with van der Waals surface area (Å²) in [6.45, 7) is 0. The molecule has 0 saturated carbocycles. The van der Waals surface area contributed by atoms with Crippen LogP contribution >= 0.6 is 0 Å². The van der Waals surface area contributed by atoms with Crippen LogP contribution in [0.1, 0.15) is 24.3 Å². The third-order valence-corrected chi connectivity index (χ3v) is 1.74. The predicted octanol–water partition coefficient (Wildman–Crippen LogP) is 1.35. The summed E-state index contributed by atoms with van der Waals surface area (Å²) >= 11 is 0. The van der Waals surface area contributed by atoms with E-state index in [0.29, 0.717) is 0 Å². The summed E-state index contributed by atoms with van der Waals surface area (Å²) < 4.78 is 5.02. The van der Waals surface area contributed by atoms with Gasteiger partial charge in [-0.25, -0.2) is 4.98 Å². The molecule has 0 fully saturated rings. The Balaban J connectivity index is 2.39. The maximum absolute atomic E-state index is 5.02. The Morgan fingerprint density at radius 2 is 2.22 bits per heavy atom. The van der Waals surface area contributed by atoms with Crippen LogP contribution in [0.15, 0.2) is 4.42 Å². The second kappa shape index (κ2) is 1.87. The SMILES string of the molecule is [c]1nc2c(o1)CCCC2. The van der Waals surface area contributed by atoms with Crippen LogP contribution in [0.3, 0.4) is 0 Å². The first-order valence-electron chi connectivity index (χ1n) is 3.31. The number of aromatic nitrogens is 1. The molecule has 2 nitrogen and oxygen atoms in total. The average Bonchev–Trinajstić information content (AvgIpc) is 2.33. The van der Waals surface area contributed by atoms with Gasteiger partial charge in [-0.3, -0.25) is 0 Å². The van der Waals surface area contributed by atoms with Crippen molar-refractivity contribution in [1.82, 2.24) is 4.98 Å². The minimum absolute atomic E-state index is 1.06. The molecule has 9 heavy (non-hydrogen) atoms. The zero-order chi connectivity index (χ0) is 6.10. The van der Waals surface area contributed by atoms with Crippen molar-refractivity contribution in [2.75, 3.05) is 0 Å². The summed E-state index contributed by atoms with van der Waals surface area (Å²) in [7, 11) is 0. The molecule has 1 aromatic heterocycles. The molecule has 1 heterocycles. The van der Waals surface area contributed by atoms with Crippen LogP contribution < -0.4 is 0 Å². The highest BCUT2D eigenvalue weighted by molar-refractivity contribution is 5.09. The van der Waals surface area contributed by atoms with E-state index in [4.69, 9.17) is 4.42 Å². The number of fused-ring (bicyclic) bond motifs is 1. The summed E-state index contributed by atoms with van der Waals surface area (Å²) in [5, 5.41) is 0. The molecule has 0 bridgehead atoms. The van der Waals surface area contributed by atoms with E-state index in [1.54, 1.807) is 0 Å². The van der Waals surface area contributed by atoms with Gasteiger partial charge in [0.25, 0.3) is 6.39 Å². The van der Waals surface area contributed by atoms with E-state index < -0.39 is 0 Å². The fraction of sp³-hybridized carbons (Fsp3) is 0.571. The van der Waals surface area contributed by atoms with Gasteiger partial charge in [0.2, 0.25) is 0 Å². The highest BCUT2D eigenvalue weighted by atomic mass is 16.3. The summed E-state index contributed by atoms with van der Waals surface area (Å²) in [6.07, 6.45) is 7.17. The zero-order valence-corrected chi connectivity index (χ0v) is 5.18. The van der Waals surface area contributed by atoms with Gasteiger partial charge in [0, 0.05) is 6.42 Å². The van der Waals surface area contributed by atoms with E-state index in [-0.39, 0.29) is 0 Å². The van der Waals surface area contributed by atoms with Crippen molar-refractivity contribution in [2.24, 2.45) is 0 Å². The van der Waals surface area contributed by atoms with Gasteiger partial charge < -0.3 is 4.42 Å². The summed E-state index contributed by atoms with van der Waals surface area (Å²) in [5.41, 5.74) is 1.13. The lowest BCUT2D eigenvalue weighted by molar-refractivity contribution is 0.470. The standard InChI is InChI=1S/C7H8NO/c1-2-4-7-6(3-1)8-5-9-7/h1-4H2. The Hall–Kier alpha value is -0.790. The van der Waals surface area contributed by atoms with Crippen molar-refractivity contribution >= 4 is 0 Å². The van der Waals surface area contributed by atoms with Gasteiger partial charge in [-0.05, 0) is 19.3 Å². The third-order valence-electron chi connectivity index (χ3n) is 1.74. The first-order chi connectivity index (χ1) is 4.47. The summed E-state index contributed by atoms with van der Waals surface area (Å²) in [6, 6.07) is 0. The molecule has 0 aromatic carbocycles. The monoisotopic (exact) mass is 122 g/mol. The third kappa shape index (κ3) is 0.745. The van der Waals surface area contributed by atoms with Gasteiger partial charge in [-0.1, -0.05) is 0 Å². The second-order valence-corrected chi connectivity index (χ2v) is 2.38. The van der Waals surface area contributed by atoms with Gasteiger partial charge in [0.1, 0.15) is 5.76 Å². The minimum atomic E-state index is 1.06. The Kier molecular flexibility index (Phi) is 1.04. The predicted molar refractivity (Wildman–Crippen MR) is 32.0 cm³/mol. The van der Waals surface area contributed by atoms with E-state index in [2.05, 4.69) is 11.4 Å². The molecule has 1 aliphatic rings. The van der Waals surface area contributed by atoms with Gasteiger partial charge in [0.15, 0.2) is 0 Å². The van der Waals surface area contributed by atoms with Gasteiger partial charge in [0.05, 0.1) is 5.69 Å². The number of oxazole rings is 1. The summed E-state index contributed by atoms with van der Waals surface area (Å²) in [5.74, 6) is 1.06. The van der Waals surface area contributed by atoms with Gasteiger partial charge >= 0.3 is 0 Å². The molecular formula is C7H8NO. The Bertz CT molecular complexity index is 184. The smallest absolute Gasteiger partial charge is 0.284 e. The van der Waals surface area contributed by atoms with E-state index in [1.807, 2.05) is 0 Å². The Morgan fingerprint density at radius 1 is 1.33 bits per heavy atom. The fourth-order valence-electron chi connectivity index (χ4n) is 1.22. The molecule has 0 amide bonds. The Morgan fingerprint density at radius 3 is 3.11 bits per heavy atom. The lowest BCUT2D eigenvalue weighted by Crippen LogP contribution is -1.99. The molecule has 47 valence electrons. The molecule has 0 atom stereocenters. The molecule has 1 radical (unpaired) electrons. The van der Waals surface area contributed by atoms with Crippen LogP contribution in [-0.4, -0.2) is 4.98 Å². The second-order valence-electron chi connectivity index (χ2n) is 2.38. The van der Waals surface area contributed by atoms with Crippen LogP contribution in [0, 0.1) is 6.39 Å². The molecule has 2 heteroatoms. The maximum atomic E-state index is 5.02. The lowest BCUT2D eigenvalue weighted by Gasteiger charge is -2.05. The normalized spacial score (nSPS) is 17.3.